The van der Waals surface area contributed by atoms with Crippen molar-refractivity contribution in [1.82, 2.24) is 20.8 Å². The number of H-pyrrole nitrogens is 1. The number of hydrogen-bond donors (Lipinski definition) is 5. The highest BCUT2D eigenvalue weighted by atomic mass is 16.2. The number of benzene rings is 3. The minimum Gasteiger partial charge on any atom is -0.350 e. The number of carbonyl (C=O) groups is 3. The van der Waals surface area contributed by atoms with Crippen LogP contribution in [0.25, 0.3) is 22.0 Å². The predicted octanol–water partition coefficient (Wildman–Crippen LogP) is 5.11. The summed E-state index contributed by atoms with van der Waals surface area (Å²) in [5.41, 5.74) is 11.9. The molecule has 5 rings (SSSR count). The summed E-state index contributed by atoms with van der Waals surface area (Å²) in [5, 5.41) is 16.9. The number of rotatable bonds is 10. The minimum absolute atomic E-state index is 0.0666. The van der Waals surface area contributed by atoms with Crippen molar-refractivity contribution in [2.24, 2.45) is 17.6 Å². The van der Waals surface area contributed by atoms with E-state index in [9.17, 15) is 14.4 Å². The number of nitrogens with one attached hydrogen (secondary N) is 4. The number of anilines is 1. The second-order valence-corrected chi connectivity index (χ2v) is 12.2. The smallest absolute Gasteiger partial charge is 0.251 e. The van der Waals surface area contributed by atoms with Crippen LogP contribution in [0.1, 0.15) is 61.0 Å². The molecule has 1 saturated carbocycles. The molecule has 0 unspecified atom stereocenters. The second kappa shape index (κ2) is 13.9. The lowest BCUT2D eigenvalue weighted by molar-refractivity contribution is -0.130. The van der Waals surface area contributed by atoms with Crippen molar-refractivity contribution in [2.45, 2.75) is 65.0 Å². The third kappa shape index (κ3) is 7.52. The molecule has 44 heavy (non-hydrogen) atoms. The van der Waals surface area contributed by atoms with E-state index >= 15 is 0 Å². The molecule has 4 aromatic rings. The average molecular weight is 595 g/mol. The van der Waals surface area contributed by atoms with E-state index in [4.69, 9.17) is 5.73 Å². The number of nitrogens with two attached hydrogens (primary N) is 1. The summed E-state index contributed by atoms with van der Waals surface area (Å²) >= 11 is 0. The number of hydrogen-bond acceptors (Lipinski definition) is 5. The number of carbonyl (C=O) groups excluding carboxylic acids is 3. The van der Waals surface area contributed by atoms with Gasteiger partial charge in [0.2, 0.25) is 11.8 Å². The van der Waals surface area contributed by atoms with E-state index in [1.165, 1.54) is 0 Å². The normalized spacial score (nSPS) is 17.3. The summed E-state index contributed by atoms with van der Waals surface area (Å²) in [6.07, 6.45) is 5.50. The van der Waals surface area contributed by atoms with Crippen molar-refractivity contribution in [2.75, 3.05) is 11.9 Å². The number of aryl methyl sites for hydroxylation is 1. The zero-order valence-corrected chi connectivity index (χ0v) is 25.7. The Kier molecular flexibility index (Phi) is 9.75. The lowest BCUT2D eigenvalue weighted by Crippen LogP contribution is -2.48. The molecule has 0 saturated heterocycles. The van der Waals surface area contributed by atoms with E-state index in [-0.39, 0.29) is 29.7 Å². The van der Waals surface area contributed by atoms with Crippen molar-refractivity contribution in [1.29, 1.82) is 0 Å². The lowest BCUT2D eigenvalue weighted by atomic mass is 9.81. The first kappa shape index (κ1) is 30.9. The topological polar surface area (TPSA) is 142 Å². The Morgan fingerprint density at radius 3 is 2.39 bits per heavy atom. The van der Waals surface area contributed by atoms with Gasteiger partial charge in [-0.1, -0.05) is 30.3 Å². The van der Waals surface area contributed by atoms with Gasteiger partial charge >= 0.3 is 0 Å². The highest BCUT2D eigenvalue weighted by molar-refractivity contribution is 5.99. The summed E-state index contributed by atoms with van der Waals surface area (Å²) in [6.45, 7) is 6.52. The standard InChI is InChI=1S/C35H42N6O3/c1-21(2)38-34(43)27-13-15-30(22(3)16-27)25-8-4-23(5-9-25)17-32(40-33(42)26-10-6-24(19-36)7-11-26)35(44)39-29-14-12-28-20-37-41-31(28)18-29/h4-5,8-9,12-16,18,20-21,24,26,32H,6-7,10-11,17,19,36H2,1-3H3,(H,37,41)(H,38,43)(H,39,44)(H,40,42)/t24?,26?,32-/m0/s1. The van der Waals surface area contributed by atoms with Crippen LogP contribution in [0, 0.1) is 18.8 Å². The number of aromatic amines is 1. The monoisotopic (exact) mass is 594 g/mol. The van der Waals surface area contributed by atoms with E-state index in [0.717, 1.165) is 58.8 Å². The minimum atomic E-state index is -0.751. The van der Waals surface area contributed by atoms with Crippen LogP contribution in [0.3, 0.4) is 0 Å². The molecule has 0 spiro atoms. The van der Waals surface area contributed by atoms with Crippen molar-refractivity contribution in [3.05, 3.63) is 83.6 Å². The molecule has 1 aliphatic rings. The van der Waals surface area contributed by atoms with E-state index in [0.29, 0.717) is 30.1 Å². The number of aromatic nitrogens is 2. The molecule has 1 heterocycles. The first-order chi connectivity index (χ1) is 21.2. The van der Waals surface area contributed by atoms with Crippen LogP contribution in [0.5, 0.6) is 0 Å². The maximum absolute atomic E-state index is 13.6. The van der Waals surface area contributed by atoms with Crippen molar-refractivity contribution in [3.8, 4) is 11.1 Å². The van der Waals surface area contributed by atoms with E-state index in [1.54, 1.807) is 6.20 Å². The molecule has 3 amide bonds. The molecule has 1 aliphatic carbocycles. The fourth-order valence-corrected chi connectivity index (χ4v) is 5.93. The van der Waals surface area contributed by atoms with Crippen molar-refractivity contribution >= 4 is 34.3 Å². The zero-order chi connectivity index (χ0) is 31.2. The fraction of sp³-hybridized carbons (Fsp3) is 0.371. The highest BCUT2D eigenvalue weighted by Gasteiger charge is 2.29. The molecular formula is C35H42N6O3. The van der Waals surface area contributed by atoms with Crippen LogP contribution in [0.15, 0.2) is 66.9 Å². The molecule has 0 bridgehead atoms. The van der Waals surface area contributed by atoms with Gasteiger partial charge in [0.1, 0.15) is 6.04 Å². The average Bonchev–Trinajstić information content (AvgIpc) is 3.49. The molecule has 3 aromatic carbocycles. The molecule has 9 heteroatoms. The molecule has 9 nitrogen and oxygen atoms in total. The highest BCUT2D eigenvalue weighted by Crippen LogP contribution is 2.29. The Balaban J connectivity index is 1.31. The summed E-state index contributed by atoms with van der Waals surface area (Å²) in [5.74, 6) is -0.105. The van der Waals surface area contributed by atoms with Gasteiger partial charge in [0.05, 0.1) is 11.7 Å². The van der Waals surface area contributed by atoms with Crippen molar-refractivity contribution < 1.29 is 14.4 Å². The van der Waals surface area contributed by atoms with Crippen LogP contribution >= 0.6 is 0 Å². The summed E-state index contributed by atoms with van der Waals surface area (Å²) in [6, 6.07) is 18.6. The van der Waals surface area contributed by atoms with Gasteiger partial charge < -0.3 is 21.7 Å². The Hall–Kier alpha value is -4.50. The van der Waals surface area contributed by atoms with Crippen LogP contribution in [0.4, 0.5) is 5.69 Å². The quantitative estimate of drug-likeness (QED) is 0.174. The molecule has 1 atom stereocenters. The van der Waals surface area contributed by atoms with Gasteiger partial charge in [0.25, 0.3) is 5.91 Å². The third-order valence-corrected chi connectivity index (χ3v) is 8.51. The van der Waals surface area contributed by atoms with Gasteiger partial charge in [-0.3, -0.25) is 19.5 Å². The summed E-state index contributed by atoms with van der Waals surface area (Å²) in [4.78, 5) is 39.4. The maximum Gasteiger partial charge on any atom is 0.251 e. The summed E-state index contributed by atoms with van der Waals surface area (Å²) in [7, 11) is 0. The number of amides is 3. The van der Waals surface area contributed by atoms with Gasteiger partial charge in [-0.15, -0.1) is 0 Å². The Morgan fingerprint density at radius 1 is 0.955 bits per heavy atom. The largest absolute Gasteiger partial charge is 0.350 e. The lowest BCUT2D eigenvalue weighted by Gasteiger charge is -2.28. The molecule has 0 aliphatic heterocycles. The van der Waals surface area contributed by atoms with Gasteiger partial charge in [-0.05, 0) is 112 Å². The molecule has 0 radical (unpaired) electrons. The third-order valence-electron chi connectivity index (χ3n) is 8.51. The second-order valence-electron chi connectivity index (χ2n) is 12.2. The first-order valence-electron chi connectivity index (χ1n) is 15.5. The molecule has 6 N–H and O–H groups in total. The van der Waals surface area contributed by atoms with Crippen molar-refractivity contribution in [3.63, 3.8) is 0 Å². The molecular weight excluding hydrogens is 552 g/mol. The molecule has 230 valence electrons. The predicted molar refractivity (Wildman–Crippen MR) is 174 cm³/mol. The fourth-order valence-electron chi connectivity index (χ4n) is 5.93. The maximum atomic E-state index is 13.6. The first-order valence-corrected chi connectivity index (χ1v) is 15.5. The van der Waals surface area contributed by atoms with E-state index in [2.05, 4.69) is 26.1 Å². The number of fused-ring (bicyclic) bond motifs is 1. The van der Waals surface area contributed by atoms with E-state index in [1.807, 2.05) is 81.4 Å². The number of nitrogens with zero attached hydrogens (tertiary/aromatic N) is 1. The van der Waals surface area contributed by atoms with Crippen LogP contribution in [0.2, 0.25) is 0 Å². The Bertz CT molecular complexity index is 1620. The Morgan fingerprint density at radius 2 is 1.70 bits per heavy atom. The van der Waals surface area contributed by atoms with Gasteiger partial charge in [-0.2, -0.15) is 5.10 Å². The zero-order valence-electron chi connectivity index (χ0n) is 25.7. The molecule has 1 aromatic heterocycles. The van der Waals surface area contributed by atoms with Gasteiger partial charge in [0.15, 0.2) is 0 Å². The van der Waals surface area contributed by atoms with Gasteiger partial charge in [0, 0.05) is 35.0 Å². The molecule has 1 fully saturated rings. The van der Waals surface area contributed by atoms with Crippen LogP contribution < -0.4 is 21.7 Å². The summed E-state index contributed by atoms with van der Waals surface area (Å²) < 4.78 is 0. The van der Waals surface area contributed by atoms with Crippen LogP contribution in [-0.2, 0) is 16.0 Å². The van der Waals surface area contributed by atoms with Crippen LogP contribution in [-0.4, -0.2) is 46.5 Å². The van der Waals surface area contributed by atoms with Gasteiger partial charge in [-0.25, -0.2) is 0 Å². The van der Waals surface area contributed by atoms with E-state index < -0.39 is 6.04 Å². The Labute approximate surface area is 258 Å². The SMILES string of the molecule is Cc1cc(C(=O)NC(C)C)ccc1-c1ccc(C[C@H](NC(=O)C2CCC(CN)CC2)C(=O)Nc2ccc3cn[nH]c3c2)cc1.